The van der Waals surface area contributed by atoms with Crippen molar-refractivity contribution in [2.24, 2.45) is 0 Å². The van der Waals surface area contributed by atoms with E-state index in [-0.39, 0.29) is 11.1 Å². The van der Waals surface area contributed by atoms with Crippen LogP contribution in [-0.4, -0.2) is 28.0 Å². The zero-order valence-corrected chi connectivity index (χ0v) is 9.07. The predicted molar refractivity (Wildman–Crippen MR) is 54.2 cm³/mol. The molecule has 96 valence electrons. The van der Waals surface area contributed by atoms with Crippen LogP contribution in [0.1, 0.15) is 22.8 Å². The summed E-state index contributed by atoms with van der Waals surface area (Å²) in [4.78, 5) is 0. The Labute approximate surface area is 96.1 Å². The quantitative estimate of drug-likeness (QED) is 0.760. The minimum Gasteiger partial charge on any atom is -0.394 e. The number of rotatable bonds is 3. The number of aryl methyl sites for hydroxylation is 1. The summed E-state index contributed by atoms with van der Waals surface area (Å²) in [6.07, 6.45) is -7.55. The Morgan fingerprint density at radius 1 is 1.24 bits per heavy atom. The molecule has 0 aliphatic heterocycles. The summed E-state index contributed by atoms with van der Waals surface area (Å²) in [5.74, 6) is 0. The third-order valence-corrected chi connectivity index (χ3v) is 2.46. The lowest BCUT2D eigenvalue weighted by Crippen LogP contribution is -2.22. The zero-order chi connectivity index (χ0) is 13.2. The molecule has 6 heteroatoms. The van der Waals surface area contributed by atoms with Crippen molar-refractivity contribution in [2.75, 3.05) is 6.61 Å². The highest BCUT2D eigenvalue weighted by Crippen LogP contribution is 2.33. The Balaban J connectivity index is 3.13. The van der Waals surface area contributed by atoms with Crippen LogP contribution in [0.3, 0.4) is 0 Å². The van der Waals surface area contributed by atoms with E-state index in [1.54, 1.807) is 0 Å². The van der Waals surface area contributed by atoms with Gasteiger partial charge in [0.25, 0.3) is 0 Å². The van der Waals surface area contributed by atoms with Crippen LogP contribution < -0.4 is 0 Å². The molecule has 2 atom stereocenters. The SMILES string of the molecule is Cc1ccc(C(O)C(O)CO)cc1C(F)(F)F. The molecule has 0 aromatic heterocycles. The van der Waals surface area contributed by atoms with Crippen LogP contribution in [0, 0.1) is 6.92 Å². The number of benzene rings is 1. The average molecular weight is 250 g/mol. The van der Waals surface area contributed by atoms with Crippen LogP contribution in [0.5, 0.6) is 0 Å². The molecule has 0 amide bonds. The molecular formula is C11H13F3O3. The van der Waals surface area contributed by atoms with Gasteiger partial charge >= 0.3 is 6.18 Å². The number of aliphatic hydroxyl groups is 3. The number of hydrogen-bond donors (Lipinski definition) is 3. The van der Waals surface area contributed by atoms with E-state index < -0.39 is 30.6 Å². The fraction of sp³-hybridized carbons (Fsp3) is 0.455. The van der Waals surface area contributed by atoms with Gasteiger partial charge in [-0.25, -0.2) is 0 Å². The molecule has 1 aromatic carbocycles. The molecule has 17 heavy (non-hydrogen) atoms. The van der Waals surface area contributed by atoms with Crippen molar-refractivity contribution in [1.29, 1.82) is 0 Å². The van der Waals surface area contributed by atoms with Crippen molar-refractivity contribution < 1.29 is 28.5 Å². The summed E-state index contributed by atoms with van der Waals surface area (Å²) in [7, 11) is 0. The molecule has 0 radical (unpaired) electrons. The fourth-order valence-electron chi connectivity index (χ4n) is 1.45. The topological polar surface area (TPSA) is 60.7 Å². The van der Waals surface area contributed by atoms with Gasteiger partial charge < -0.3 is 15.3 Å². The van der Waals surface area contributed by atoms with Gasteiger partial charge in [0.05, 0.1) is 12.2 Å². The molecular weight excluding hydrogens is 237 g/mol. The van der Waals surface area contributed by atoms with Crippen molar-refractivity contribution in [3.05, 3.63) is 34.9 Å². The maximum atomic E-state index is 12.6. The second-order valence-electron chi connectivity index (χ2n) is 3.77. The third-order valence-electron chi connectivity index (χ3n) is 2.46. The largest absolute Gasteiger partial charge is 0.416 e. The second kappa shape index (κ2) is 5.03. The van der Waals surface area contributed by atoms with Gasteiger partial charge in [-0.2, -0.15) is 13.2 Å². The standard InChI is InChI=1S/C11H13F3O3/c1-6-2-3-7(10(17)9(16)5-15)4-8(6)11(12,13)14/h2-4,9-10,15-17H,5H2,1H3. The van der Waals surface area contributed by atoms with Crippen molar-refractivity contribution in [1.82, 2.24) is 0 Å². The maximum absolute atomic E-state index is 12.6. The highest BCUT2D eigenvalue weighted by Gasteiger charge is 2.33. The van der Waals surface area contributed by atoms with Crippen LogP contribution >= 0.6 is 0 Å². The highest BCUT2D eigenvalue weighted by atomic mass is 19.4. The lowest BCUT2D eigenvalue weighted by molar-refractivity contribution is -0.138. The average Bonchev–Trinajstić information content (AvgIpc) is 2.26. The lowest BCUT2D eigenvalue weighted by atomic mass is 9.99. The Morgan fingerprint density at radius 3 is 2.29 bits per heavy atom. The summed E-state index contributed by atoms with van der Waals surface area (Å²) >= 11 is 0. The third kappa shape index (κ3) is 3.18. The summed E-state index contributed by atoms with van der Waals surface area (Å²) in [5.41, 5.74) is -0.907. The molecule has 0 bridgehead atoms. The summed E-state index contributed by atoms with van der Waals surface area (Å²) in [6, 6.07) is 3.28. The Bertz CT molecular complexity index is 390. The molecule has 3 nitrogen and oxygen atoms in total. The first-order valence-electron chi connectivity index (χ1n) is 4.92. The van der Waals surface area contributed by atoms with E-state index in [9.17, 15) is 18.3 Å². The predicted octanol–water partition coefficient (Wildman–Crippen LogP) is 1.40. The van der Waals surface area contributed by atoms with E-state index in [0.29, 0.717) is 0 Å². The maximum Gasteiger partial charge on any atom is 0.416 e. The van der Waals surface area contributed by atoms with Crippen LogP contribution in [0.4, 0.5) is 13.2 Å². The zero-order valence-electron chi connectivity index (χ0n) is 9.07. The summed E-state index contributed by atoms with van der Waals surface area (Å²) in [6.45, 7) is 0.581. The van der Waals surface area contributed by atoms with Crippen LogP contribution in [-0.2, 0) is 6.18 Å². The second-order valence-corrected chi connectivity index (χ2v) is 3.77. The van der Waals surface area contributed by atoms with Crippen molar-refractivity contribution in [2.45, 2.75) is 25.3 Å². The van der Waals surface area contributed by atoms with Crippen LogP contribution in [0.2, 0.25) is 0 Å². The molecule has 0 fully saturated rings. The fourth-order valence-corrected chi connectivity index (χ4v) is 1.45. The number of aliphatic hydroxyl groups excluding tert-OH is 3. The molecule has 0 saturated heterocycles. The minimum absolute atomic E-state index is 0.0342. The van der Waals surface area contributed by atoms with Crippen molar-refractivity contribution in [3.63, 3.8) is 0 Å². The molecule has 0 heterocycles. The smallest absolute Gasteiger partial charge is 0.394 e. The number of halogens is 3. The molecule has 0 aliphatic rings. The molecule has 0 spiro atoms. The first-order chi connectivity index (χ1) is 7.77. The van der Waals surface area contributed by atoms with E-state index >= 15 is 0 Å². The molecule has 3 N–H and O–H groups in total. The molecule has 1 aromatic rings. The van der Waals surface area contributed by atoms with Crippen molar-refractivity contribution >= 4 is 0 Å². The van der Waals surface area contributed by atoms with Gasteiger partial charge in [-0.15, -0.1) is 0 Å². The van der Waals surface area contributed by atoms with Crippen molar-refractivity contribution in [3.8, 4) is 0 Å². The molecule has 0 aliphatic carbocycles. The van der Waals surface area contributed by atoms with E-state index in [1.165, 1.54) is 19.1 Å². The van der Waals surface area contributed by atoms with Crippen LogP contribution in [0.25, 0.3) is 0 Å². The first-order valence-corrected chi connectivity index (χ1v) is 4.92. The Hall–Kier alpha value is -1.11. The van der Waals surface area contributed by atoms with E-state index in [4.69, 9.17) is 10.2 Å². The minimum atomic E-state index is -4.51. The Kier molecular flexibility index (Phi) is 4.13. The number of alkyl halides is 3. The Morgan fingerprint density at radius 2 is 1.82 bits per heavy atom. The van der Waals surface area contributed by atoms with Gasteiger partial charge in [-0.05, 0) is 24.1 Å². The van der Waals surface area contributed by atoms with E-state index in [0.717, 1.165) is 6.07 Å². The lowest BCUT2D eigenvalue weighted by Gasteiger charge is -2.18. The van der Waals surface area contributed by atoms with Gasteiger partial charge in [0, 0.05) is 0 Å². The normalized spacial score (nSPS) is 15.7. The summed E-state index contributed by atoms with van der Waals surface area (Å²) in [5, 5.41) is 27.3. The van der Waals surface area contributed by atoms with Gasteiger partial charge in [0.1, 0.15) is 12.2 Å². The first kappa shape index (κ1) is 14.0. The van der Waals surface area contributed by atoms with Gasteiger partial charge in [-0.1, -0.05) is 12.1 Å². The molecule has 0 saturated carbocycles. The van der Waals surface area contributed by atoms with E-state index in [1.807, 2.05) is 0 Å². The van der Waals surface area contributed by atoms with Crippen LogP contribution in [0.15, 0.2) is 18.2 Å². The summed E-state index contributed by atoms with van der Waals surface area (Å²) < 4.78 is 37.7. The van der Waals surface area contributed by atoms with Gasteiger partial charge in [-0.3, -0.25) is 0 Å². The monoisotopic (exact) mass is 250 g/mol. The molecule has 2 unspecified atom stereocenters. The van der Waals surface area contributed by atoms with Gasteiger partial charge in [0.2, 0.25) is 0 Å². The van der Waals surface area contributed by atoms with Gasteiger partial charge in [0.15, 0.2) is 0 Å². The highest BCUT2D eigenvalue weighted by molar-refractivity contribution is 5.34. The van der Waals surface area contributed by atoms with E-state index in [2.05, 4.69) is 0 Å². The number of hydrogen-bond acceptors (Lipinski definition) is 3. The molecule has 1 rings (SSSR count).